The Balaban J connectivity index is 0.000000605. The minimum absolute atomic E-state index is 0. The Bertz CT molecular complexity index is 132. The first kappa shape index (κ1) is 9.26. The molecule has 2 aliphatic rings. The van der Waals surface area contributed by atoms with E-state index >= 15 is 0 Å². The van der Waals surface area contributed by atoms with Crippen LogP contribution < -0.4 is 5.32 Å². The molecule has 11 heavy (non-hydrogen) atoms. The minimum Gasteiger partial charge on any atom is -0.387 e. The van der Waals surface area contributed by atoms with Crippen molar-refractivity contribution in [2.24, 2.45) is 0 Å². The normalized spacial score (nSPS) is 34.1. The number of ether oxygens (including phenoxy) is 1. The van der Waals surface area contributed by atoms with Crippen LogP contribution in [0.5, 0.6) is 0 Å². The van der Waals surface area contributed by atoms with E-state index in [1.54, 1.807) is 0 Å². The molecule has 2 fully saturated rings. The van der Waals surface area contributed by atoms with Gasteiger partial charge in [0.2, 0.25) is 0 Å². The second-order valence-electron chi connectivity index (χ2n) is 3.17. The van der Waals surface area contributed by atoms with E-state index in [2.05, 4.69) is 5.32 Å². The van der Waals surface area contributed by atoms with Gasteiger partial charge in [-0.15, -0.1) is 12.4 Å². The van der Waals surface area contributed by atoms with Gasteiger partial charge in [0.05, 0.1) is 18.3 Å². The molecule has 4 heteroatoms. The van der Waals surface area contributed by atoms with Gasteiger partial charge in [0, 0.05) is 13.1 Å². The lowest BCUT2D eigenvalue weighted by atomic mass is 10.1. The van der Waals surface area contributed by atoms with E-state index in [-0.39, 0.29) is 18.5 Å². The predicted molar refractivity (Wildman–Crippen MR) is 44.0 cm³/mol. The summed E-state index contributed by atoms with van der Waals surface area (Å²) >= 11 is 0. The van der Waals surface area contributed by atoms with Gasteiger partial charge in [-0.1, -0.05) is 0 Å². The molecule has 0 aromatic rings. The van der Waals surface area contributed by atoms with Gasteiger partial charge in [0.1, 0.15) is 0 Å². The summed E-state index contributed by atoms with van der Waals surface area (Å²) in [6, 6.07) is 0. The number of aliphatic hydroxyl groups is 1. The van der Waals surface area contributed by atoms with Gasteiger partial charge in [0.25, 0.3) is 0 Å². The zero-order valence-electron chi connectivity index (χ0n) is 6.38. The van der Waals surface area contributed by atoms with Crippen LogP contribution in [0.15, 0.2) is 0 Å². The number of rotatable bonds is 1. The summed E-state index contributed by atoms with van der Waals surface area (Å²) in [5.74, 6) is 0. The zero-order chi connectivity index (χ0) is 7.03. The molecular weight excluding hydrogens is 166 g/mol. The van der Waals surface area contributed by atoms with E-state index in [1.807, 2.05) is 0 Å². The van der Waals surface area contributed by atoms with Crippen molar-refractivity contribution >= 4 is 12.4 Å². The molecule has 0 radical (unpaired) electrons. The lowest BCUT2D eigenvalue weighted by Crippen LogP contribution is -2.46. The van der Waals surface area contributed by atoms with Gasteiger partial charge in [-0.05, 0) is 12.8 Å². The van der Waals surface area contributed by atoms with Gasteiger partial charge >= 0.3 is 0 Å². The molecule has 0 amide bonds. The van der Waals surface area contributed by atoms with Crippen molar-refractivity contribution in [3.8, 4) is 0 Å². The molecule has 0 aromatic carbocycles. The van der Waals surface area contributed by atoms with E-state index in [9.17, 15) is 5.11 Å². The average molecular weight is 180 g/mol. The number of nitrogens with one attached hydrogen (secondary N) is 1. The van der Waals surface area contributed by atoms with Crippen molar-refractivity contribution in [3.63, 3.8) is 0 Å². The maximum Gasteiger partial charge on any atom is 0.0986 e. The van der Waals surface area contributed by atoms with E-state index < -0.39 is 5.60 Å². The van der Waals surface area contributed by atoms with Crippen molar-refractivity contribution < 1.29 is 9.84 Å². The maximum absolute atomic E-state index is 9.59. The van der Waals surface area contributed by atoms with Gasteiger partial charge in [-0.2, -0.15) is 0 Å². The van der Waals surface area contributed by atoms with Crippen LogP contribution in [0.25, 0.3) is 0 Å². The molecule has 1 aliphatic carbocycles. The Labute approximate surface area is 72.5 Å². The van der Waals surface area contributed by atoms with Crippen molar-refractivity contribution in [1.82, 2.24) is 5.32 Å². The largest absolute Gasteiger partial charge is 0.387 e. The topological polar surface area (TPSA) is 41.5 Å². The fourth-order valence-electron chi connectivity index (χ4n) is 1.36. The Hall–Kier alpha value is 0.170. The molecule has 0 bridgehead atoms. The predicted octanol–water partition coefficient (Wildman–Crippen LogP) is -0.0785. The average Bonchev–Trinajstić information content (AvgIpc) is 2.72. The summed E-state index contributed by atoms with van der Waals surface area (Å²) in [4.78, 5) is 0. The first-order chi connectivity index (χ1) is 4.81. The van der Waals surface area contributed by atoms with E-state index in [0.29, 0.717) is 0 Å². The molecule has 1 heterocycles. The highest BCUT2D eigenvalue weighted by Crippen LogP contribution is 2.39. The molecule has 0 unspecified atom stereocenters. The molecule has 0 spiro atoms. The summed E-state index contributed by atoms with van der Waals surface area (Å²) in [6.45, 7) is 2.48. The fourth-order valence-corrected chi connectivity index (χ4v) is 1.36. The van der Waals surface area contributed by atoms with Gasteiger partial charge in [0.15, 0.2) is 0 Å². The zero-order valence-corrected chi connectivity index (χ0v) is 7.19. The summed E-state index contributed by atoms with van der Waals surface area (Å²) in [5.41, 5.74) is -0.465. The third-order valence-electron chi connectivity index (χ3n) is 2.29. The first-order valence-corrected chi connectivity index (χ1v) is 3.86. The second-order valence-corrected chi connectivity index (χ2v) is 3.17. The van der Waals surface area contributed by atoms with Crippen LogP contribution in [0.3, 0.4) is 0 Å². The molecule has 1 aliphatic heterocycles. The van der Waals surface area contributed by atoms with Crippen LogP contribution in [-0.4, -0.2) is 36.5 Å². The molecular formula is C7H14ClNO2. The van der Waals surface area contributed by atoms with E-state index in [0.717, 1.165) is 32.5 Å². The maximum atomic E-state index is 9.59. The number of morpholine rings is 1. The SMILES string of the molecule is Cl.OC1([C@H]2CNCCO2)CC1. The standard InChI is InChI=1S/C7H13NO2.ClH/c9-7(1-2-7)6-5-8-3-4-10-6;/h6,8-9H,1-5H2;1H/t6-;/m1./s1. The van der Waals surface area contributed by atoms with Crippen LogP contribution in [-0.2, 0) is 4.74 Å². The van der Waals surface area contributed by atoms with Crippen molar-refractivity contribution in [2.75, 3.05) is 19.7 Å². The van der Waals surface area contributed by atoms with E-state index in [4.69, 9.17) is 4.74 Å². The molecule has 1 saturated carbocycles. The fraction of sp³-hybridized carbons (Fsp3) is 1.00. The highest BCUT2D eigenvalue weighted by atomic mass is 35.5. The first-order valence-electron chi connectivity index (χ1n) is 3.86. The van der Waals surface area contributed by atoms with Crippen LogP contribution in [0.2, 0.25) is 0 Å². The molecule has 66 valence electrons. The van der Waals surface area contributed by atoms with Crippen molar-refractivity contribution in [2.45, 2.75) is 24.5 Å². The number of hydrogen-bond acceptors (Lipinski definition) is 3. The smallest absolute Gasteiger partial charge is 0.0986 e. The van der Waals surface area contributed by atoms with Crippen LogP contribution in [0.4, 0.5) is 0 Å². The van der Waals surface area contributed by atoms with Gasteiger partial charge < -0.3 is 15.2 Å². The Morgan fingerprint density at radius 2 is 2.18 bits per heavy atom. The lowest BCUT2D eigenvalue weighted by Gasteiger charge is -2.27. The van der Waals surface area contributed by atoms with Gasteiger partial charge in [-0.25, -0.2) is 0 Å². The summed E-state index contributed by atoms with van der Waals surface area (Å²) in [6.07, 6.45) is 1.89. The highest BCUT2D eigenvalue weighted by molar-refractivity contribution is 5.85. The highest BCUT2D eigenvalue weighted by Gasteiger charge is 2.48. The molecule has 0 aromatic heterocycles. The van der Waals surface area contributed by atoms with Crippen LogP contribution >= 0.6 is 12.4 Å². The second kappa shape index (κ2) is 3.27. The minimum atomic E-state index is -0.465. The Kier molecular flexibility index (Phi) is 2.75. The Morgan fingerprint density at radius 3 is 2.64 bits per heavy atom. The summed E-state index contributed by atoms with van der Waals surface area (Å²) < 4.78 is 5.39. The van der Waals surface area contributed by atoms with E-state index in [1.165, 1.54) is 0 Å². The number of halogens is 1. The third kappa shape index (κ3) is 1.85. The summed E-state index contributed by atoms with van der Waals surface area (Å²) in [7, 11) is 0. The summed E-state index contributed by atoms with van der Waals surface area (Å²) in [5, 5.41) is 12.8. The molecule has 3 nitrogen and oxygen atoms in total. The monoisotopic (exact) mass is 179 g/mol. The molecule has 2 N–H and O–H groups in total. The molecule has 2 rings (SSSR count). The third-order valence-corrected chi connectivity index (χ3v) is 2.29. The van der Waals surface area contributed by atoms with Crippen LogP contribution in [0.1, 0.15) is 12.8 Å². The van der Waals surface area contributed by atoms with Crippen molar-refractivity contribution in [3.05, 3.63) is 0 Å². The number of hydrogen-bond donors (Lipinski definition) is 2. The Morgan fingerprint density at radius 1 is 1.45 bits per heavy atom. The van der Waals surface area contributed by atoms with Gasteiger partial charge in [-0.3, -0.25) is 0 Å². The quantitative estimate of drug-likeness (QED) is 0.592. The lowest BCUT2D eigenvalue weighted by molar-refractivity contribution is -0.0660. The molecule has 1 saturated heterocycles. The molecule has 1 atom stereocenters. The van der Waals surface area contributed by atoms with Crippen LogP contribution in [0, 0.1) is 0 Å². The van der Waals surface area contributed by atoms with Crippen molar-refractivity contribution in [1.29, 1.82) is 0 Å².